The number of ether oxygens (including phenoxy) is 8. The number of amides is 2. The van der Waals surface area contributed by atoms with Crippen molar-refractivity contribution in [1.29, 1.82) is 0 Å². The van der Waals surface area contributed by atoms with Crippen molar-refractivity contribution >= 4 is 12.2 Å². The first-order valence-electron chi connectivity index (χ1n) is 20.0. The van der Waals surface area contributed by atoms with E-state index in [1.165, 1.54) is 0 Å². The Bertz CT molecular complexity index is 2150. The molecule has 0 radical (unpaired) electrons. The minimum absolute atomic E-state index is 0.330. The molecule has 0 aliphatic carbocycles. The number of hydrogen-bond acceptors (Lipinski definition) is 10. The Morgan fingerprint density at radius 3 is 1.41 bits per heavy atom. The quantitative estimate of drug-likeness (QED) is 0.145. The van der Waals surface area contributed by atoms with Crippen molar-refractivity contribution in [1.82, 2.24) is 9.80 Å². The van der Waals surface area contributed by atoms with Gasteiger partial charge in [-0.05, 0) is 149 Å². The molecule has 2 aliphatic rings. The number of nitrogens with zero attached hydrogens (tertiary/aromatic N) is 2. The average Bonchev–Trinajstić information content (AvgIpc) is 3.19. The lowest BCUT2D eigenvalue weighted by molar-refractivity contribution is 0.0130. The summed E-state index contributed by atoms with van der Waals surface area (Å²) in [6, 6.07) is 20.9. The second-order valence-corrected chi connectivity index (χ2v) is 16.8. The summed E-state index contributed by atoms with van der Waals surface area (Å²) in [6.45, 7) is 12.2. The molecule has 12 heteroatoms. The summed E-state index contributed by atoms with van der Waals surface area (Å²) < 4.78 is 46.7. The van der Waals surface area contributed by atoms with Gasteiger partial charge in [-0.2, -0.15) is 0 Å². The Labute approximate surface area is 348 Å². The maximum Gasteiger partial charge on any atom is 0.410 e. The SMILES string of the molecule is COc1cc2c(cc1OC)[C@@H](Cc1cccc(Oc3ccc(C[C@@H]4c5cc(OC)c(OC)cc5CCN4C(=O)OC(C)(C)C)cc3OC)c1)N(C(=O)OC(C)(C)C)CC2. The van der Waals surface area contributed by atoms with Crippen LogP contribution in [0.5, 0.6) is 40.2 Å². The van der Waals surface area contributed by atoms with Gasteiger partial charge in [0.05, 0.1) is 47.6 Å². The van der Waals surface area contributed by atoms with Gasteiger partial charge < -0.3 is 47.7 Å². The van der Waals surface area contributed by atoms with Crippen LogP contribution in [0.15, 0.2) is 66.7 Å². The topological polar surface area (TPSA) is 114 Å². The maximum atomic E-state index is 13.6. The highest BCUT2D eigenvalue weighted by Gasteiger charge is 2.37. The Kier molecular flexibility index (Phi) is 12.8. The van der Waals surface area contributed by atoms with E-state index >= 15 is 0 Å². The van der Waals surface area contributed by atoms with E-state index in [9.17, 15) is 9.59 Å². The molecule has 0 N–H and O–H groups in total. The van der Waals surface area contributed by atoms with Gasteiger partial charge in [0.1, 0.15) is 17.0 Å². The Balaban J connectivity index is 1.28. The molecule has 2 amide bonds. The van der Waals surface area contributed by atoms with Crippen LogP contribution in [0.25, 0.3) is 0 Å². The molecule has 4 aromatic rings. The minimum atomic E-state index is -0.654. The molecule has 4 aromatic carbocycles. The van der Waals surface area contributed by atoms with Crippen LogP contribution < -0.4 is 28.4 Å². The summed E-state index contributed by atoms with van der Waals surface area (Å²) >= 11 is 0. The zero-order valence-electron chi connectivity index (χ0n) is 36.2. The minimum Gasteiger partial charge on any atom is -0.493 e. The molecule has 0 saturated heterocycles. The third kappa shape index (κ3) is 9.92. The third-order valence-electron chi connectivity index (χ3n) is 10.5. The van der Waals surface area contributed by atoms with Gasteiger partial charge in [-0.15, -0.1) is 0 Å². The number of hydrogen-bond donors (Lipinski definition) is 0. The molecule has 316 valence electrons. The summed E-state index contributed by atoms with van der Waals surface area (Å²) in [7, 11) is 8.07. The largest absolute Gasteiger partial charge is 0.493 e. The number of carbonyl (C=O) groups excluding carboxylic acids is 2. The molecular formula is C47H58N2O10. The maximum absolute atomic E-state index is 13.6. The predicted octanol–water partition coefficient (Wildman–Crippen LogP) is 9.68. The van der Waals surface area contributed by atoms with Gasteiger partial charge in [-0.3, -0.25) is 0 Å². The third-order valence-corrected chi connectivity index (χ3v) is 10.5. The molecule has 0 spiro atoms. The van der Waals surface area contributed by atoms with Crippen molar-refractivity contribution in [2.75, 3.05) is 48.6 Å². The fourth-order valence-corrected chi connectivity index (χ4v) is 7.81. The van der Waals surface area contributed by atoms with Crippen molar-refractivity contribution in [3.63, 3.8) is 0 Å². The van der Waals surface area contributed by atoms with Crippen LogP contribution in [0.2, 0.25) is 0 Å². The highest BCUT2D eigenvalue weighted by atomic mass is 16.6. The van der Waals surface area contributed by atoms with Crippen LogP contribution in [0, 0.1) is 0 Å². The summed E-state index contributed by atoms with van der Waals surface area (Å²) in [4.78, 5) is 30.8. The number of rotatable bonds is 11. The summed E-state index contributed by atoms with van der Waals surface area (Å²) in [6.07, 6.45) is 1.55. The molecule has 2 atom stereocenters. The van der Waals surface area contributed by atoms with Gasteiger partial charge in [-0.25, -0.2) is 9.59 Å². The molecule has 2 aliphatic heterocycles. The van der Waals surface area contributed by atoms with Crippen LogP contribution in [-0.4, -0.2) is 81.8 Å². The zero-order chi connectivity index (χ0) is 42.6. The van der Waals surface area contributed by atoms with Crippen LogP contribution in [-0.2, 0) is 35.2 Å². The second kappa shape index (κ2) is 17.6. The molecule has 0 aromatic heterocycles. The van der Waals surface area contributed by atoms with E-state index in [0.717, 1.165) is 33.4 Å². The molecule has 2 heterocycles. The van der Waals surface area contributed by atoms with E-state index in [-0.39, 0.29) is 24.3 Å². The molecule has 59 heavy (non-hydrogen) atoms. The number of carbonyl (C=O) groups is 2. The van der Waals surface area contributed by atoms with E-state index in [1.807, 2.05) is 108 Å². The van der Waals surface area contributed by atoms with Gasteiger partial charge in [0.2, 0.25) is 0 Å². The predicted molar refractivity (Wildman–Crippen MR) is 225 cm³/mol. The van der Waals surface area contributed by atoms with Crippen LogP contribution in [0.3, 0.4) is 0 Å². The lowest BCUT2D eigenvalue weighted by Crippen LogP contribution is -2.43. The van der Waals surface area contributed by atoms with Gasteiger partial charge >= 0.3 is 12.2 Å². The van der Waals surface area contributed by atoms with Crippen LogP contribution >= 0.6 is 0 Å². The van der Waals surface area contributed by atoms with E-state index < -0.39 is 11.2 Å². The first-order valence-corrected chi connectivity index (χ1v) is 20.0. The lowest BCUT2D eigenvalue weighted by Gasteiger charge is -2.38. The highest BCUT2D eigenvalue weighted by Crippen LogP contribution is 2.43. The Hall–Kier alpha value is -5.78. The lowest BCUT2D eigenvalue weighted by atomic mass is 9.88. The Morgan fingerprint density at radius 1 is 0.542 bits per heavy atom. The van der Waals surface area contributed by atoms with Crippen molar-refractivity contribution in [3.05, 3.63) is 100 Å². The highest BCUT2D eigenvalue weighted by molar-refractivity contribution is 5.71. The second-order valence-electron chi connectivity index (χ2n) is 16.8. The van der Waals surface area contributed by atoms with Gasteiger partial charge in [0.25, 0.3) is 0 Å². The summed E-state index contributed by atoms with van der Waals surface area (Å²) in [5, 5.41) is 0. The first-order chi connectivity index (χ1) is 28.0. The van der Waals surface area contributed by atoms with E-state index in [4.69, 9.17) is 37.9 Å². The zero-order valence-corrected chi connectivity index (χ0v) is 36.2. The average molecular weight is 811 g/mol. The van der Waals surface area contributed by atoms with Crippen molar-refractivity contribution < 1.29 is 47.5 Å². The number of methoxy groups -OCH3 is 5. The molecule has 12 nitrogen and oxygen atoms in total. The fraction of sp³-hybridized carbons (Fsp3) is 0.447. The normalized spacial score (nSPS) is 16.3. The van der Waals surface area contributed by atoms with Crippen LogP contribution in [0.1, 0.15) is 87.0 Å². The number of fused-ring (bicyclic) bond motifs is 2. The molecule has 0 bridgehead atoms. The van der Waals surface area contributed by atoms with Gasteiger partial charge in [0.15, 0.2) is 34.5 Å². The number of benzene rings is 4. The summed E-state index contributed by atoms with van der Waals surface area (Å²) in [5.74, 6) is 4.17. The van der Waals surface area contributed by atoms with E-state index in [1.54, 1.807) is 45.3 Å². The van der Waals surface area contributed by atoms with Crippen molar-refractivity contribution in [2.45, 2.75) is 90.5 Å². The Morgan fingerprint density at radius 2 is 0.966 bits per heavy atom. The summed E-state index contributed by atoms with van der Waals surface area (Å²) in [5.41, 5.74) is 4.73. The van der Waals surface area contributed by atoms with E-state index in [2.05, 4.69) is 0 Å². The monoisotopic (exact) mass is 810 g/mol. The van der Waals surface area contributed by atoms with Gasteiger partial charge in [0, 0.05) is 13.1 Å². The standard InChI is InChI=1S/C47H58N2O10/c1-46(2,3)58-44(50)48-19-17-31-25-40(53-8)42(55-10)27-34(31)36(48)22-29-13-12-14-33(21-29)57-38-16-15-30(24-39(38)52-7)23-37-35-28-43(56-11)41(54-9)26-32(35)18-20-49(37)45(51)59-47(4,5)6/h12-16,21,24-28,36-37H,17-20,22-23H2,1-11H3/t36-,37-/m1/s1. The molecule has 0 saturated carbocycles. The fourth-order valence-electron chi connectivity index (χ4n) is 7.81. The van der Waals surface area contributed by atoms with Crippen LogP contribution in [0.4, 0.5) is 9.59 Å². The molecule has 0 fully saturated rings. The van der Waals surface area contributed by atoms with Crippen molar-refractivity contribution in [3.8, 4) is 40.2 Å². The van der Waals surface area contributed by atoms with Gasteiger partial charge in [-0.1, -0.05) is 18.2 Å². The van der Waals surface area contributed by atoms with Crippen molar-refractivity contribution in [2.24, 2.45) is 0 Å². The van der Waals surface area contributed by atoms with E-state index in [0.29, 0.717) is 79.0 Å². The smallest absolute Gasteiger partial charge is 0.410 e. The first kappa shape index (κ1) is 42.8. The molecule has 6 rings (SSSR count). The molecular weight excluding hydrogens is 753 g/mol. The molecule has 0 unspecified atom stereocenters.